The third kappa shape index (κ3) is 3.86. The van der Waals surface area contributed by atoms with Gasteiger partial charge in [0.15, 0.2) is 5.75 Å². The summed E-state index contributed by atoms with van der Waals surface area (Å²) < 4.78 is 6.08. The van der Waals surface area contributed by atoms with Gasteiger partial charge in [-0.2, -0.15) is 0 Å². The summed E-state index contributed by atoms with van der Waals surface area (Å²) in [4.78, 5) is 14.0. The van der Waals surface area contributed by atoms with Crippen molar-refractivity contribution >= 4 is 5.95 Å². The molecule has 0 spiro atoms. The summed E-state index contributed by atoms with van der Waals surface area (Å²) in [5.74, 6) is 2.43. The van der Waals surface area contributed by atoms with Crippen molar-refractivity contribution in [3.8, 4) is 11.5 Å². The summed E-state index contributed by atoms with van der Waals surface area (Å²) in [5.41, 5.74) is 2.91. The summed E-state index contributed by atoms with van der Waals surface area (Å²) in [6.45, 7) is 4.49. The van der Waals surface area contributed by atoms with Gasteiger partial charge >= 0.3 is 0 Å². The fourth-order valence-corrected chi connectivity index (χ4v) is 4.65. The topological polar surface area (TPSA) is 41.5 Å². The Balaban J connectivity index is 1.24. The number of hydrogen-bond donors (Lipinski definition) is 0. The van der Waals surface area contributed by atoms with Crippen LogP contribution in [-0.2, 0) is 12.8 Å². The molecule has 5 heteroatoms. The number of piperidine rings is 1. The average molecular weight is 379 g/mol. The van der Waals surface area contributed by atoms with E-state index in [4.69, 9.17) is 4.74 Å². The second-order valence-corrected chi connectivity index (χ2v) is 8.42. The molecule has 1 aromatic carbocycles. The van der Waals surface area contributed by atoms with Crippen molar-refractivity contribution in [2.45, 2.75) is 57.4 Å². The van der Waals surface area contributed by atoms with E-state index in [1.165, 1.54) is 62.7 Å². The van der Waals surface area contributed by atoms with E-state index in [0.29, 0.717) is 5.75 Å². The van der Waals surface area contributed by atoms with Crippen LogP contribution in [0.1, 0.15) is 49.7 Å². The molecular formula is C23H30N4O. The third-order valence-corrected chi connectivity index (χ3v) is 6.59. The number of rotatable bonds is 4. The van der Waals surface area contributed by atoms with Gasteiger partial charge in [-0.25, -0.2) is 9.97 Å². The van der Waals surface area contributed by atoms with E-state index >= 15 is 0 Å². The Kier molecular flexibility index (Phi) is 5.17. The number of aromatic nitrogens is 2. The Morgan fingerprint density at radius 2 is 1.54 bits per heavy atom. The van der Waals surface area contributed by atoms with E-state index in [-0.39, 0.29) is 0 Å². The lowest BCUT2D eigenvalue weighted by Gasteiger charge is -2.36. The molecule has 5 rings (SSSR count). The minimum atomic E-state index is 0.713. The van der Waals surface area contributed by atoms with Crippen molar-refractivity contribution in [1.29, 1.82) is 0 Å². The largest absolute Gasteiger partial charge is 0.454 e. The van der Waals surface area contributed by atoms with E-state index in [0.717, 1.165) is 43.7 Å². The number of nitrogens with zero attached hydrogens (tertiary/aromatic N) is 4. The van der Waals surface area contributed by atoms with Gasteiger partial charge in [-0.15, -0.1) is 0 Å². The summed E-state index contributed by atoms with van der Waals surface area (Å²) in [6, 6.07) is 7.40. The van der Waals surface area contributed by atoms with Crippen molar-refractivity contribution in [2.75, 3.05) is 31.1 Å². The molecule has 1 aliphatic carbocycles. The summed E-state index contributed by atoms with van der Waals surface area (Å²) in [6.07, 6.45) is 13.8. The maximum atomic E-state index is 6.08. The van der Waals surface area contributed by atoms with Crippen molar-refractivity contribution in [1.82, 2.24) is 14.9 Å². The van der Waals surface area contributed by atoms with Crippen LogP contribution in [-0.4, -0.2) is 47.1 Å². The van der Waals surface area contributed by atoms with E-state index in [9.17, 15) is 0 Å². The highest BCUT2D eigenvalue weighted by Gasteiger charge is 2.26. The minimum Gasteiger partial charge on any atom is -0.454 e. The van der Waals surface area contributed by atoms with Crippen LogP contribution < -0.4 is 9.64 Å². The fraction of sp³-hybridized carbons (Fsp3) is 0.565. The first kappa shape index (κ1) is 17.9. The predicted molar refractivity (Wildman–Crippen MR) is 111 cm³/mol. The van der Waals surface area contributed by atoms with Gasteiger partial charge in [-0.05, 0) is 68.2 Å². The Labute approximate surface area is 167 Å². The molecule has 1 saturated carbocycles. The van der Waals surface area contributed by atoms with Gasteiger partial charge in [0.1, 0.15) is 5.75 Å². The molecule has 1 saturated heterocycles. The lowest BCUT2D eigenvalue weighted by atomic mass is 9.91. The van der Waals surface area contributed by atoms with Crippen LogP contribution in [0.15, 0.2) is 30.6 Å². The highest BCUT2D eigenvalue weighted by molar-refractivity contribution is 5.39. The second kappa shape index (κ2) is 8.08. The molecule has 0 radical (unpaired) electrons. The Morgan fingerprint density at radius 1 is 0.786 bits per heavy atom. The van der Waals surface area contributed by atoms with Gasteiger partial charge in [0.2, 0.25) is 5.95 Å². The molecule has 3 heterocycles. The Morgan fingerprint density at radius 3 is 2.25 bits per heavy atom. The fourth-order valence-electron chi connectivity index (χ4n) is 4.65. The van der Waals surface area contributed by atoms with E-state index in [2.05, 4.69) is 38.0 Å². The van der Waals surface area contributed by atoms with Gasteiger partial charge < -0.3 is 9.64 Å². The summed E-state index contributed by atoms with van der Waals surface area (Å²) in [7, 11) is 0. The van der Waals surface area contributed by atoms with Crippen LogP contribution in [0, 0.1) is 0 Å². The number of anilines is 1. The molecule has 2 aliphatic heterocycles. The summed E-state index contributed by atoms with van der Waals surface area (Å²) in [5, 5.41) is 0. The molecular weight excluding hydrogens is 348 g/mol. The number of benzene rings is 1. The van der Waals surface area contributed by atoms with Crippen molar-refractivity contribution in [3.63, 3.8) is 0 Å². The number of ether oxygens (including phenoxy) is 1. The van der Waals surface area contributed by atoms with Crippen LogP contribution in [0.5, 0.6) is 11.5 Å². The molecule has 3 aliphatic rings. The first-order valence-corrected chi connectivity index (χ1v) is 11.0. The van der Waals surface area contributed by atoms with E-state index in [1.54, 1.807) is 12.4 Å². The van der Waals surface area contributed by atoms with Gasteiger partial charge in [-0.3, -0.25) is 4.90 Å². The van der Waals surface area contributed by atoms with Gasteiger partial charge in [0.05, 0.1) is 12.4 Å². The maximum Gasteiger partial charge on any atom is 0.225 e. The standard InChI is InChI=1S/C23H30N4O/c1-2-11-27(12-3-1)23-24-16-22(17-25-23)28-21-8-7-18-9-13-26(20-5-4-6-20)14-10-19(18)15-21/h7-8,15-17,20H,1-6,9-14H2. The normalized spacial score (nSPS) is 20.9. The molecule has 148 valence electrons. The van der Waals surface area contributed by atoms with Crippen LogP contribution in [0.25, 0.3) is 0 Å². The third-order valence-electron chi connectivity index (χ3n) is 6.59. The molecule has 0 bridgehead atoms. The minimum absolute atomic E-state index is 0.713. The maximum absolute atomic E-state index is 6.08. The van der Waals surface area contributed by atoms with E-state index in [1.807, 2.05) is 0 Å². The van der Waals surface area contributed by atoms with Gasteiger partial charge in [0.25, 0.3) is 0 Å². The highest BCUT2D eigenvalue weighted by Crippen LogP contribution is 2.30. The van der Waals surface area contributed by atoms with Crippen LogP contribution >= 0.6 is 0 Å². The first-order chi connectivity index (χ1) is 13.8. The Hall–Kier alpha value is -2.14. The van der Waals surface area contributed by atoms with Crippen LogP contribution in [0.2, 0.25) is 0 Å². The second-order valence-electron chi connectivity index (χ2n) is 8.42. The molecule has 1 aromatic heterocycles. The SMILES string of the molecule is c1cc2c(cc1Oc1cnc(N3CCCCC3)nc1)CCN(C1CCC1)CC2. The van der Waals surface area contributed by atoms with Gasteiger partial charge in [-0.1, -0.05) is 12.5 Å². The molecule has 2 aromatic rings. The molecule has 28 heavy (non-hydrogen) atoms. The van der Waals surface area contributed by atoms with E-state index < -0.39 is 0 Å². The van der Waals surface area contributed by atoms with Crippen molar-refractivity contribution in [3.05, 3.63) is 41.7 Å². The van der Waals surface area contributed by atoms with Gasteiger partial charge in [0, 0.05) is 32.2 Å². The van der Waals surface area contributed by atoms with Crippen LogP contribution in [0.3, 0.4) is 0 Å². The molecule has 0 amide bonds. The monoisotopic (exact) mass is 378 g/mol. The average Bonchev–Trinajstić information content (AvgIpc) is 2.91. The zero-order chi connectivity index (χ0) is 18.8. The van der Waals surface area contributed by atoms with Crippen molar-refractivity contribution < 1.29 is 4.74 Å². The lowest BCUT2D eigenvalue weighted by Crippen LogP contribution is -2.41. The molecule has 2 fully saturated rings. The Bertz CT molecular complexity index is 797. The smallest absolute Gasteiger partial charge is 0.225 e. The highest BCUT2D eigenvalue weighted by atomic mass is 16.5. The first-order valence-electron chi connectivity index (χ1n) is 11.0. The number of fused-ring (bicyclic) bond motifs is 1. The van der Waals surface area contributed by atoms with Crippen LogP contribution in [0.4, 0.5) is 5.95 Å². The molecule has 0 atom stereocenters. The van der Waals surface area contributed by atoms with Crippen molar-refractivity contribution in [2.24, 2.45) is 0 Å². The predicted octanol–water partition coefficient (Wildman–Crippen LogP) is 4.21. The summed E-state index contributed by atoms with van der Waals surface area (Å²) >= 11 is 0. The lowest BCUT2D eigenvalue weighted by molar-refractivity contribution is 0.133. The molecule has 0 unspecified atom stereocenters. The zero-order valence-electron chi connectivity index (χ0n) is 16.6. The molecule has 0 N–H and O–H groups in total. The molecule has 5 nitrogen and oxygen atoms in total. The zero-order valence-corrected chi connectivity index (χ0v) is 16.6. The number of hydrogen-bond acceptors (Lipinski definition) is 5. The quantitative estimate of drug-likeness (QED) is 0.797.